The van der Waals surface area contributed by atoms with E-state index in [0.29, 0.717) is 19.3 Å². The zero-order valence-corrected chi connectivity index (χ0v) is 17.2. The summed E-state index contributed by atoms with van der Waals surface area (Å²) in [6.45, 7) is 3.11. The van der Waals surface area contributed by atoms with Crippen LogP contribution in [0.3, 0.4) is 0 Å². The van der Waals surface area contributed by atoms with E-state index >= 15 is 0 Å². The standard InChI is InChI=1S/C18H31N5O7/c1-3-9(2)14(17(28)23-6-4-5-12(23)18(29)30)22-16(27)11(7-13(20)25)21-15(26)10(19)8-24/h9-12,14,24H,3-8,19H2,1-2H3,(H2,20,25)(H,21,26)(H,22,27)(H,29,30). The molecule has 1 aliphatic heterocycles. The second kappa shape index (κ2) is 11.5. The third-order valence-electron chi connectivity index (χ3n) is 5.17. The number of amides is 4. The molecule has 0 aromatic heterocycles. The Morgan fingerprint density at radius 1 is 1.17 bits per heavy atom. The molecule has 12 heteroatoms. The van der Waals surface area contributed by atoms with Crippen LogP contribution in [0, 0.1) is 5.92 Å². The molecule has 12 nitrogen and oxygen atoms in total. The lowest BCUT2D eigenvalue weighted by molar-refractivity contribution is -0.150. The fourth-order valence-electron chi connectivity index (χ4n) is 3.17. The Morgan fingerprint density at radius 3 is 2.30 bits per heavy atom. The third kappa shape index (κ3) is 6.66. The first-order valence-electron chi connectivity index (χ1n) is 9.82. The van der Waals surface area contributed by atoms with Gasteiger partial charge in [-0.1, -0.05) is 20.3 Å². The van der Waals surface area contributed by atoms with Gasteiger partial charge in [0.25, 0.3) is 0 Å². The van der Waals surface area contributed by atoms with E-state index in [-0.39, 0.29) is 12.5 Å². The van der Waals surface area contributed by atoms with E-state index in [1.807, 2.05) is 0 Å². The van der Waals surface area contributed by atoms with E-state index in [1.54, 1.807) is 13.8 Å². The van der Waals surface area contributed by atoms with Crippen molar-refractivity contribution < 1.29 is 34.2 Å². The number of hydrogen-bond acceptors (Lipinski definition) is 7. The minimum Gasteiger partial charge on any atom is -0.480 e. The average Bonchev–Trinajstić information content (AvgIpc) is 3.19. The maximum atomic E-state index is 13.0. The van der Waals surface area contributed by atoms with Crippen molar-refractivity contribution in [2.75, 3.05) is 13.2 Å². The van der Waals surface area contributed by atoms with Crippen LogP contribution in [0.4, 0.5) is 0 Å². The molecule has 0 spiro atoms. The molecular weight excluding hydrogens is 398 g/mol. The normalized spacial score (nSPS) is 20.0. The largest absolute Gasteiger partial charge is 0.480 e. The Morgan fingerprint density at radius 2 is 1.80 bits per heavy atom. The molecule has 1 saturated heterocycles. The highest BCUT2D eigenvalue weighted by atomic mass is 16.4. The number of rotatable bonds is 11. The minimum absolute atomic E-state index is 0.255. The number of carbonyl (C=O) groups excluding carboxylic acids is 4. The molecule has 0 aromatic rings. The Balaban J connectivity index is 3.03. The van der Waals surface area contributed by atoms with Gasteiger partial charge in [0.15, 0.2) is 0 Å². The van der Waals surface area contributed by atoms with Crippen molar-refractivity contribution in [2.24, 2.45) is 17.4 Å². The number of likely N-dealkylation sites (tertiary alicyclic amines) is 1. The van der Waals surface area contributed by atoms with E-state index in [9.17, 15) is 29.1 Å². The van der Waals surface area contributed by atoms with Gasteiger partial charge in [-0.25, -0.2) is 4.79 Å². The fraction of sp³-hybridized carbons (Fsp3) is 0.722. The second-order valence-electron chi connectivity index (χ2n) is 7.42. The van der Waals surface area contributed by atoms with Crippen LogP contribution >= 0.6 is 0 Å². The van der Waals surface area contributed by atoms with Gasteiger partial charge in [0.2, 0.25) is 23.6 Å². The number of aliphatic carboxylic acids is 1. The minimum atomic E-state index is -1.40. The number of aliphatic hydroxyl groups is 1. The number of primary amides is 1. The fourth-order valence-corrected chi connectivity index (χ4v) is 3.17. The molecule has 4 amide bonds. The van der Waals surface area contributed by atoms with Gasteiger partial charge >= 0.3 is 5.97 Å². The number of nitrogens with two attached hydrogens (primary N) is 2. The zero-order chi connectivity index (χ0) is 23.0. The molecule has 1 aliphatic rings. The molecule has 0 saturated carbocycles. The summed E-state index contributed by atoms with van der Waals surface area (Å²) in [4.78, 5) is 61.7. The quantitative estimate of drug-likeness (QED) is 0.203. The van der Waals surface area contributed by atoms with E-state index in [2.05, 4.69) is 10.6 Å². The predicted octanol–water partition coefficient (Wildman–Crippen LogP) is -2.73. The number of carbonyl (C=O) groups is 5. The van der Waals surface area contributed by atoms with Crippen molar-refractivity contribution in [3.05, 3.63) is 0 Å². The van der Waals surface area contributed by atoms with Gasteiger partial charge in [-0.2, -0.15) is 0 Å². The predicted molar refractivity (Wildman–Crippen MR) is 105 cm³/mol. The highest BCUT2D eigenvalue weighted by molar-refractivity contribution is 5.96. The lowest BCUT2D eigenvalue weighted by Crippen LogP contribution is -2.59. The van der Waals surface area contributed by atoms with Gasteiger partial charge in [0, 0.05) is 6.54 Å². The second-order valence-corrected chi connectivity index (χ2v) is 7.42. The maximum absolute atomic E-state index is 13.0. The van der Waals surface area contributed by atoms with Gasteiger partial charge in [-0.15, -0.1) is 0 Å². The zero-order valence-electron chi connectivity index (χ0n) is 17.2. The third-order valence-corrected chi connectivity index (χ3v) is 5.17. The molecule has 8 N–H and O–H groups in total. The first-order chi connectivity index (χ1) is 14.0. The van der Waals surface area contributed by atoms with Crippen molar-refractivity contribution in [3.8, 4) is 0 Å². The summed E-state index contributed by atoms with van der Waals surface area (Å²) in [5.41, 5.74) is 10.6. The number of carboxylic acid groups (broad SMARTS) is 1. The lowest BCUT2D eigenvalue weighted by atomic mass is 9.96. The monoisotopic (exact) mass is 429 g/mol. The number of nitrogens with one attached hydrogen (secondary N) is 2. The molecule has 0 aromatic carbocycles. The van der Waals surface area contributed by atoms with Crippen molar-refractivity contribution in [2.45, 2.75) is 63.7 Å². The van der Waals surface area contributed by atoms with Crippen molar-refractivity contribution in [1.82, 2.24) is 15.5 Å². The number of aliphatic hydroxyl groups excluding tert-OH is 1. The van der Waals surface area contributed by atoms with Gasteiger partial charge in [-0.3, -0.25) is 19.2 Å². The molecular formula is C18H31N5O7. The molecule has 1 rings (SSSR count). The number of hydrogen-bond donors (Lipinski definition) is 6. The summed E-state index contributed by atoms with van der Waals surface area (Å²) in [5.74, 6) is -4.58. The van der Waals surface area contributed by atoms with Gasteiger partial charge in [0.05, 0.1) is 13.0 Å². The number of nitrogens with zero attached hydrogens (tertiary/aromatic N) is 1. The first-order valence-corrected chi connectivity index (χ1v) is 9.82. The molecule has 1 fully saturated rings. The van der Waals surface area contributed by atoms with Crippen LogP contribution in [0.1, 0.15) is 39.5 Å². The van der Waals surface area contributed by atoms with Crippen molar-refractivity contribution in [1.29, 1.82) is 0 Å². The van der Waals surface area contributed by atoms with Crippen LogP contribution in [0.5, 0.6) is 0 Å². The Bertz CT molecular complexity index is 671. The van der Waals surface area contributed by atoms with Crippen molar-refractivity contribution >= 4 is 29.6 Å². The average molecular weight is 429 g/mol. The summed E-state index contributed by atoms with van der Waals surface area (Å²) < 4.78 is 0. The molecule has 0 radical (unpaired) electrons. The smallest absolute Gasteiger partial charge is 0.326 e. The van der Waals surface area contributed by atoms with Gasteiger partial charge < -0.3 is 37.2 Å². The molecule has 30 heavy (non-hydrogen) atoms. The molecule has 5 atom stereocenters. The molecule has 170 valence electrons. The maximum Gasteiger partial charge on any atom is 0.326 e. The van der Waals surface area contributed by atoms with Crippen molar-refractivity contribution in [3.63, 3.8) is 0 Å². The van der Waals surface area contributed by atoms with Crippen LogP contribution in [0.15, 0.2) is 0 Å². The van der Waals surface area contributed by atoms with Gasteiger partial charge in [-0.05, 0) is 18.8 Å². The number of carboxylic acids is 1. The molecule has 1 heterocycles. The van der Waals surface area contributed by atoms with Crippen LogP contribution in [0.2, 0.25) is 0 Å². The highest BCUT2D eigenvalue weighted by Crippen LogP contribution is 2.21. The lowest BCUT2D eigenvalue weighted by Gasteiger charge is -2.31. The first kappa shape index (κ1) is 25.3. The Labute approximate surface area is 174 Å². The van der Waals surface area contributed by atoms with Crippen LogP contribution in [-0.2, 0) is 24.0 Å². The SMILES string of the molecule is CCC(C)C(NC(=O)C(CC(N)=O)NC(=O)C(N)CO)C(=O)N1CCCC1C(=O)O. The summed E-state index contributed by atoms with van der Waals surface area (Å²) in [7, 11) is 0. The summed E-state index contributed by atoms with van der Waals surface area (Å²) >= 11 is 0. The molecule has 0 bridgehead atoms. The van der Waals surface area contributed by atoms with E-state index < -0.39 is 66.8 Å². The summed E-state index contributed by atoms with van der Waals surface area (Å²) in [5, 5.41) is 23.1. The highest BCUT2D eigenvalue weighted by Gasteiger charge is 2.40. The topological polar surface area (TPSA) is 205 Å². The van der Waals surface area contributed by atoms with Crippen LogP contribution < -0.4 is 22.1 Å². The van der Waals surface area contributed by atoms with Crippen LogP contribution in [0.25, 0.3) is 0 Å². The van der Waals surface area contributed by atoms with Gasteiger partial charge in [0.1, 0.15) is 24.2 Å². The van der Waals surface area contributed by atoms with E-state index in [4.69, 9.17) is 16.6 Å². The molecule has 0 aliphatic carbocycles. The Kier molecular flexibility index (Phi) is 9.66. The summed E-state index contributed by atoms with van der Waals surface area (Å²) in [6, 6.07) is -4.73. The molecule has 5 unspecified atom stereocenters. The summed E-state index contributed by atoms with van der Waals surface area (Å²) in [6.07, 6.45) is 0.814. The van der Waals surface area contributed by atoms with E-state index in [1.165, 1.54) is 4.90 Å². The van der Waals surface area contributed by atoms with Crippen LogP contribution in [-0.4, -0.2) is 82.0 Å². The van der Waals surface area contributed by atoms with E-state index in [0.717, 1.165) is 0 Å². The Hall–Kier alpha value is -2.73.